The molecule has 7 heteroatoms. The van der Waals surface area contributed by atoms with Crippen LogP contribution in [-0.2, 0) is 0 Å². The summed E-state index contributed by atoms with van der Waals surface area (Å²) in [7, 11) is 0. The number of rotatable bonds is 18. The summed E-state index contributed by atoms with van der Waals surface area (Å²) >= 11 is 0. The molecule has 3 saturated carbocycles. The summed E-state index contributed by atoms with van der Waals surface area (Å²) in [6, 6.07) is 1.41. The molecule has 7 nitrogen and oxygen atoms in total. The average molecular weight is 522 g/mol. The topological polar surface area (TPSA) is 117 Å². The van der Waals surface area contributed by atoms with Crippen molar-refractivity contribution in [2.75, 3.05) is 58.9 Å². The number of nitrogens with one attached hydrogen (secondary N) is 3. The lowest BCUT2D eigenvalue weighted by Gasteiger charge is -2.33. The predicted molar refractivity (Wildman–Crippen MR) is 159 cm³/mol. The maximum Gasteiger partial charge on any atom is 0.0219 e. The third kappa shape index (κ3) is 11.4. The Kier molecular flexibility index (Phi) is 16.0. The summed E-state index contributed by atoms with van der Waals surface area (Å²) in [5.41, 5.74) is 18.6. The molecule has 0 heterocycles. The van der Waals surface area contributed by atoms with Crippen molar-refractivity contribution < 1.29 is 0 Å². The second-order valence-corrected chi connectivity index (χ2v) is 12.4. The molecule has 0 radical (unpaired) electrons. The van der Waals surface area contributed by atoms with E-state index in [1.54, 1.807) is 0 Å². The van der Waals surface area contributed by atoms with Crippen LogP contribution in [0.1, 0.15) is 96.3 Å². The molecule has 3 rings (SSSR count). The zero-order valence-corrected chi connectivity index (χ0v) is 24.1. The molecule has 0 amide bonds. The molecule has 0 spiro atoms. The normalized spacial score (nSPS) is 23.4. The monoisotopic (exact) mass is 522 g/mol. The van der Waals surface area contributed by atoms with Gasteiger partial charge >= 0.3 is 0 Å². The van der Waals surface area contributed by atoms with Crippen LogP contribution in [0.15, 0.2) is 0 Å². The Hall–Kier alpha value is -0.280. The first-order chi connectivity index (χ1) is 18.2. The van der Waals surface area contributed by atoms with Gasteiger partial charge in [-0.3, -0.25) is 4.90 Å². The standard InChI is InChI=1S/C30H63N7/c31-22-28(25-10-4-1-5-11-25)34-16-19-37(20-17-35-29(23-32)26-12-6-2-7-13-26)21-18-36-30(24-33)27-14-8-3-9-15-27/h25-30,34-36H,1-24,31-33H2. The number of nitrogens with zero attached hydrogens (tertiary/aromatic N) is 1. The summed E-state index contributed by atoms with van der Waals surface area (Å²) in [6.45, 7) is 8.53. The van der Waals surface area contributed by atoms with Gasteiger partial charge in [0.05, 0.1) is 0 Å². The number of hydrogen-bond acceptors (Lipinski definition) is 7. The van der Waals surface area contributed by atoms with Crippen LogP contribution >= 0.6 is 0 Å². The molecule has 3 aliphatic rings. The van der Waals surface area contributed by atoms with Crippen molar-refractivity contribution in [2.45, 2.75) is 114 Å². The highest BCUT2D eigenvalue weighted by atomic mass is 15.2. The summed E-state index contributed by atoms with van der Waals surface area (Å²) < 4.78 is 0. The lowest BCUT2D eigenvalue weighted by Crippen LogP contribution is -2.50. The van der Waals surface area contributed by atoms with E-state index in [0.717, 1.165) is 76.7 Å². The molecule has 0 aromatic carbocycles. The molecular formula is C30H63N7. The highest BCUT2D eigenvalue weighted by Gasteiger charge is 2.25. The molecule has 3 aliphatic carbocycles. The zero-order chi connectivity index (χ0) is 26.1. The largest absolute Gasteiger partial charge is 0.329 e. The van der Waals surface area contributed by atoms with Gasteiger partial charge in [0.1, 0.15) is 0 Å². The number of hydrogen-bond donors (Lipinski definition) is 6. The van der Waals surface area contributed by atoms with Crippen molar-refractivity contribution in [1.29, 1.82) is 0 Å². The third-order valence-corrected chi connectivity index (χ3v) is 9.92. The van der Waals surface area contributed by atoms with E-state index in [9.17, 15) is 0 Å². The Morgan fingerprint density at radius 1 is 0.459 bits per heavy atom. The van der Waals surface area contributed by atoms with Crippen LogP contribution in [0.2, 0.25) is 0 Å². The van der Waals surface area contributed by atoms with Crippen molar-refractivity contribution in [3.8, 4) is 0 Å². The molecule has 0 saturated heterocycles. The van der Waals surface area contributed by atoms with E-state index in [2.05, 4.69) is 20.9 Å². The lowest BCUT2D eigenvalue weighted by molar-refractivity contribution is 0.218. The second-order valence-electron chi connectivity index (χ2n) is 12.4. The van der Waals surface area contributed by atoms with Crippen LogP contribution in [0.5, 0.6) is 0 Å². The molecule has 3 unspecified atom stereocenters. The van der Waals surface area contributed by atoms with Crippen LogP contribution in [0, 0.1) is 17.8 Å². The van der Waals surface area contributed by atoms with Gasteiger partial charge in [-0.25, -0.2) is 0 Å². The SMILES string of the molecule is NCC(NCCN(CCNC(CN)C1CCCCC1)CCNC(CN)C1CCCCC1)C1CCCCC1. The van der Waals surface area contributed by atoms with E-state index in [1.165, 1.54) is 96.3 Å². The molecule has 3 atom stereocenters. The van der Waals surface area contributed by atoms with Crippen molar-refractivity contribution in [3.63, 3.8) is 0 Å². The van der Waals surface area contributed by atoms with Crippen LogP contribution in [0.25, 0.3) is 0 Å². The van der Waals surface area contributed by atoms with E-state index in [1.807, 2.05) is 0 Å². The number of nitrogens with two attached hydrogens (primary N) is 3. The van der Waals surface area contributed by atoms with Gasteiger partial charge in [0.15, 0.2) is 0 Å². The fraction of sp³-hybridized carbons (Fsp3) is 1.00. The van der Waals surface area contributed by atoms with Gasteiger partial charge in [-0.05, 0) is 56.3 Å². The molecular weight excluding hydrogens is 458 g/mol. The van der Waals surface area contributed by atoms with Crippen molar-refractivity contribution in [3.05, 3.63) is 0 Å². The molecule has 37 heavy (non-hydrogen) atoms. The predicted octanol–water partition coefficient (Wildman–Crippen LogP) is 2.78. The van der Waals surface area contributed by atoms with Crippen molar-refractivity contribution >= 4 is 0 Å². The fourth-order valence-electron chi connectivity index (χ4n) is 7.50. The summed E-state index contributed by atoms with van der Waals surface area (Å²) in [5, 5.41) is 11.5. The molecule has 0 aromatic heterocycles. The lowest BCUT2D eigenvalue weighted by atomic mass is 9.84. The average Bonchev–Trinajstić information content (AvgIpc) is 2.96. The molecule has 9 N–H and O–H groups in total. The van der Waals surface area contributed by atoms with E-state index in [0.29, 0.717) is 18.1 Å². The molecule has 3 fully saturated rings. The summed E-state index contributed by atoms with van der Waals surface area (Å²) in [5.74, 6) is 2.28. The molecule has 0 aromatic rings. The second kappa shape index (κ2) is 18.9. The van der Waals surface area contributed by atoms with Crippen molar-refractivity contribution in [1.82, 2.24) is 20.9 Å². The van der Waals surface area contributed by atoms with Crippen LogP contribution in [0.3, 0.4) is 0 Å². The van der Waals surface area contributed by atoms with E-state index in [-0.39, 0.29) is 0 Å². The quantitative estimate of drug-likeness (QED) is 0.164. The Bertz CT molecular complexity index is 468. The highest BCUT2D eigenvalue weighted by molar-refractivity contribution is 4.83. The Morgan fingerprint density at radius 3 is 0.973 bits per heavy atom. The summed E-state index contributed by atoms with van der Waals surface area (Å²) in [4.78, 5) is 2.63. The highest BCUT2D eigenvalue weighted by Crippen LogP contribution is 2.27. The van der Waals surface area contributed by atoms with Gasteiger partial charge in [0, 0.05) is 77.0 Å². The smallest absolute Gasteiger partial charge is 0.0219 e. The maximum absolute atomic E-state index is 6.20. The Morgan fingerprint density at radius 2 is 0.730 bits per heavy atom. The van der Waals surface area contributed by atoms with Crippen LogP contribution < -0.4 is 33.2 Å². The van der Waals surface area contributed by atoms with Crippen LogP contribution in [0.4, 0.5) is 0 Å². The Balaban J connectivity index is 1.45. The van der Waals surface area contributed by atoms with E-state index >= 15 is 0 Å². The van der Waals surface area contributed by atoms with Gasteiger partial charge in [-0.1, -0.05) is 57.8 Å². The molecule has 218 valence electrons. The first kappa shape index (κ1) is 31.3. The zero-order valence-electron chi connectivity index (χ0n) is 24.1. The minimum atomic E-state index is 0.472. The van der Waals surface area contributed by atoms with Gasteiger partial charge in [0.2, 0.25) is 0 Å². The minimum Gasteiger partial charge on any atom is -0.329 e. The van der Waals surface area contributed by atoms with Crippen LogP contribution in [-0.4, -0.2) is 81.9 Å². The van der Waals surface area contributed by atoms with Gasteiger partial charge in [-0.15, -0.1) is 0 Å². The minimum absolute atomic E-state index is 0.472. The molecule has 0 aliphatic heterocycles. The summed E-state index contributed by atoms with van der Waals surface area (Å²) in [6.07, 6.45) is 20.5. The molecule has 0 bridgehead atoms. The van der Waals surface area contributed by atoms with Gasteiger partial charge in [0.25, 0.3) is 0 Å². The first-order valence-corrected chi connectivity index (χ1v) is 16.3. The van der Waals surface area contributed by atoms with E-state index < -0.39 is 0 Å². The maximum atomic E-state index is 6.20. The third-order valence-electron chi connectivity index (χ3n) is 9.92. The van der Waals surface area contributed by atoms with Crippen molar-refractivity contribution in [2.24, 2.45) is 35.0 Å². The fourth-order valence-corrected chi connectivity index (χ4v) is 7.50. The first-order valence-electron chi connectivity index (χ1n) is 16.3. The van der Waals surface area contributed by atoms with Gasteiger partial charge < -0.3 is 33.2 Å². The van der Waals surface area contributed by atoms with Gasteiger partial charge in [-0.2, -0.15) is 0 Å². The van der Waals surface area contributed by atoms with E-state index in [4.69, 9.17) is 17.2 Å². The Labute approximate surface area is 229 Å².